The molecular formula is C38H47ClN7O5P. The molecule has 3 N–H and O–H groups in total. The average molecular weight is 748 g/mol. The molecule has 4 heterocycles. The normalized spacial score (nSPS) is 23.0. The SMILES string of the molecule is Cc1cn(C2CN(C(c3ccccc3)(c3ccccc3)c3ccccc3)CC(COP(=O)(Cl)N3CCN(C4CCN(N)CC4)CC3)O2)c(=O)[nH]c1=O. The summed E-state index contributed by atoms with van der Waals surface area (Å²) in [6, 6.07) is 31.2. The van der Waals surface area contributed by atoms with Gasteiger partial charge < -0.3 is 9.26 Å². The summed E-state index contributed by atoms with van der Waals surface area (Å²) in [5, 5.41) is 1.87. The molecule has 0 saturated carbocycles. The Balaban J connectivity index is 1.21. The molecule has 0 spiro atoms. The van der Waals surface area contributed by atoms with Crippen LogP contribution in [0.25, 0.3) is 0 Å². The Morgan fingerprint density at radius 2 is 1.38 bits per heavy atom. The van der Waals surface area contributed by atoms with Gasteiger partial charge in [0.15, 0.2) is 6.23 Å². The molecule has 3 saturated heterocycles. The van der Waals surface area contributed by atoms with Crippen LogP contribution >= 0.6 is 18.1 Å². The topological polar surface area (TPSA) is 129 Å². The number of rotatable bonds is 10. The molecule has 14 heteroatoms. The van der Waals surface area contributed by atoms with Crippen LogP contribution in [0, 0.1) is 6.92 Å². The van der Waals surface area contributed by atoms with Crippen LogP contribution in [0.5, 0.6) is 0 Å². The molecule has 3 aromatic carbocycles. The maximum Gasteiger partial charge on any atom is 0.363 e. The summed E-state index contributed by atoms with van der Waals surface area (Å²) in [6.07, 6.45) is 2.08. The molecule has 0 bridgehead atoms. The van der Waals surface area contributed by atoms with Crippen molar-refractivity contribution >= 4 is 18.1 Å². The summed E-state index contributed by atoms with van der Waals surface area (Å²) < 4.78 is 30.0. The number of aryl methyl sites for hydroxylation is 1. The number of piperidine rings is 1. The number of aromatic nitrogens is 2. The van der Waals surface area contributed by atoms with Crippen LogP contribution in [0.15, 0.2) is 107 Å². The molecule has 1 aromatic heterocycles. The molecule has 3 atom stereocenters. The van der Waals surface area contributed by atoms with E-state index in [1.807, 2.05) is 59.6 Å². The maximum absolute atomic E-state index is 14.0. The number of hydrogen-bond donors (Lipinski definition) is 2. The molecule has 3 aliphatic heterocycles. The Hall–Kier alpha value is -3.42. The van der Waals surface area contributed by atoms with Crippen molar-refractivity contribution in [2.45, 2.75) is 43.7 Å². The largest absolute Gasteiger partial charge is 0.363 e. The van der Waals surface area contributed by atoms with E-state index in [0.29, 0.717) is 31.2 Å². The number of H-pyrrole nitrogens is 1. The number of hydrazine groups is 1. The zero-order chi connectivity index (χ0) is 36.3. The van der Waals surface area contributed by atoms with Gasteiger partial charge in [-0.05, 0) is 47.7 Å². The number of morpholine rings is 1. The van der Waals surface area contributed by atoms with Crippen molar-refractivity contribution in [3.63, 3.8) is 0 Å². The quantitative estimate of drug-likeness (QED) is 0.137. The Morgan fingerprint density at radius 3 is 1.92 bits per heavy atom. The molecule has 3 fully saturated rings. The number of piperazine rings is 1. The molecule has 3 unspecified atom stereocenters. The molecule has 12 nitrogen and oxygen atoms in total. The van der Waals surface area contributed by atoms with E-state index in [1.54, 1.807) is 11.6 Å². The van der Waals surface area contributed by atoms with Gasteiger partial charge >= 0.3 is 12.6 Å². The molecule has 0 amide bonds. The number of halogens is 1. The van der Waals surface area contributed by atoms with Gasteiger partial charge in [-0.1, -0.05) is 91.0 Å². The van der Waals surface area contributed by atoms with Crippen molar-refractivity contribution in [1.82, 2.24) is 29.0 Å². The summed E-state index contributed by atoms with van der Waals surface area (Å²) in [7, 11) is 0. The lowest BCUT2D eigenvalue weighted by Gasteiger charge is -2.50. The van der Waals surface area contributed by atoms with E-state index in [9.17, 15) is 14.2 Å². The molecule has 4 aromatic rings. The zero-order valence-corrected chi connectivity index (χ0v) is 31.1. The van der Waals surface area contributed by atoms with E-state index in [0.717, 1.165) is 55.7 Å². The van der Waals surface area contributed by atoms with E-state index in [2.05, 4.69) is 51.2 Å². The molecular weight excluding hydrogens is 701 g/mol. The van der Waals surface area contributed by atoms with Gasteiger partial charge in [-0.2, -0.15) is 0 Å². The first kappa shape index (κ1) is 36.9. The number of nitrogens with two attached hydrogens (primary N) is 1. The standard InChI is InChI=1S/C38H47ClN7O5P/c1-29-25-46(37(48)41-36(29)47)35-27-43(38(30-11-5-2-6-12-30,31-13-7-3-8-14-31)32-15-9-4-10-16-32)26-34(51-35)28-50-52(39,49)45-23-21-42(22-24-45)33-17-19-44(40)20-18-33/h2-16,25,33-35H,17-24,26-28,40H2,1H3,(H,41,47,48). The zero-order valence-electron chi connectivity index (χ0n) is 29.4. The van der Waals surface area contributed by atoms with Gasteiger partial charge in [0.05, 0.1) is 18.2 Å². The smallest absolute Gasteiger partial charge is 0.350 e. The second-order valence-electron chi connectivity index (χ2n) is 13.9. The molecule has 0 radical (unpaired) electrons. The first-order chi connectivity index (χ1) is 25.1. The Morgan fingerprint density at radius 1 is 0.846 bits per heavy atom. The van der Waals surface area contributed by atoms with Gasteiger partial charge in [-0.3, -0.25) is 34.6 Å². The lowest BCUT2D eigenvalue weighted by atomic mass is 9.75. The number of aromatic amines is 1. The lowest BCUT2D eigenvalue weighted by molar-refractivity contribution is -0.148. The molecule has 7 rings (SSSR count). The Labute approximate surface area is 309 Å². The van der Waals surface area contributed by atoms with Gasteiger partial charge in [0.1, 0.15) is 0 Å². The highest BCUT2D eigenvalue weighted by atomic mass is 35.7. The van der Waals surface area contributed by atoms with Gasteiger partial charge in [-0.25, -0.2) is 14.5 Å². The number of nitrogens with zero attached hydrogens (tertiary/aromatic N) is 5. The third kappa shape index (κ3) is 7.64. The minimum atomic E-state index is -3.73. The molecule has 276 valence electrons. The fraction of sp³-hybridized carbons (Fsp3) is 0.421. The minimum absolute atomic E-state index is 0.0749. The highest BCUT2D eigenvalue weighted by Gasteiger charge is 2.47. The summed E-state index contributed by atoms with van der Waals surface area (Å²) >= 11 is 6.77. The van der Waals surface area contributed by atoms with Crippen molar-refractivity contribution in [1.29, 1.82) is 0 Å². The first-order valence-electron chi connectivity index (χ1n) is 18.0. The van der Waals surface area contributed by atoms with Crippen LogP contribution in [-0.4, -0.2) is 100 Å². The van der Waals surface area contributed by atoms with Crippen molar-refractivity contribution in [3.05, 3.63) is 140 Å². The highest BCUT2D eigenvalue weighted by Crippen LogP contribution is 2.56. The predicted molar refractivity (Wildman–Crippen MR) is 202 cm³/mol. The molecule has 52 heavy (non-hydrogen) atoms. The first-order valence-corrected chi connectivity index (χ1v) is 20.5. The van der Waals surface area contributed by atoms with Crippen LogP contribution in [0.3, 0.4) is 0 Å². The van der Waals surface area contributed by atoms with E-state index in [4.69, 9.17) is 26.3 Å². The third-order valence-electron chi connectivity index (χ3n) is 10.7. The van der Waals surface area contributed by atoms with Gasteiger partial charge in [0, 0.05) is 70.2 Å². The van der Waals surface area contributed by atoms with Crippen molar-refractivity contribution in [2.24, 2.45) is 5.84 Å². The van der Waals surface area contributed by atoms with E-state index in [-0.39, 0.29) is 13.2 Å². The average Bonchev–Trinajstić information content (AvgIpc) is 3.17. The number of benzene rings is 3. The van der Waals surface area contributed by atoms with E-state index in [1.165, 1.54) is 10.8 Å². The van der Waals surface area contributed by atoms with E-state index < -0.39 is 36.0 Å². The lowest BCUT2D eigenvalue weighted by Crippen LogP contribution is -2.58. The molecule has 3 aliphatic rings. The monoisotopic (exact) mass is 747 g/mol. The van der Waals surface area contributed by atoms with Crippen LogP contribution < -0.4 is 17.1 Å². The summed E-state index contributed by atoms with van der Waals surface area (Å²) in [4.78, 5) is 32.9. The Bertz CT molecular complexity index is 1850. The van der Waals surface area contributed by atoms with Crippen LogP contribution in [-0.2, 0) is 19.4 Å². The second kappa shape index (κ2) is 15.9. The highest BCUT2D eigenvalue weighted by molar-refractivity contribution is 7.83. The van der Waals surface area contributed by atoms with Crippen molar-refractivity contribution < 1.29 is 13.8 Å². The third-order valence-corrected chi connectivity index (χ3v) is 13.2. The summed E-state index contributed by atoms with van der Waals surface area (Å²) in [5.74, 6) is 5.97. The van der Waals surface area contributed by atoms with Crippen molar-refractivity contribution in [2.75, 3.05) is 59.0 Å². The summed E-state index contributed by atoms with van der Waals surface area (Å²) in [5.41, 5.74) is 1.60. The van der Waals surface area contributed by atoms with Crippen LogP contribution in [0.1, 0.15) is 41.3 Å². The number of nitrogens with one attached hydrogen (secondary N) is 1. The maximum atomic E-state index is 14.0. The summed E-state index contributed by atoms with van der Waals surface area (Å²) in [6.45, 7) is 2.76. The fourth-order valence-electron chi connectivity index (χ4n) is 8.05. The van der Waals surface area contributed by atoms with Crippen LogP contribution in [0.2, 0.25) is 0 Å². The fourth-order valence-corrected chi connectivity index (χ4v) is 9.84. The number of hydrogen-bond acceptors (Lipinski definition) is 9. The van der Waals surface area contributed by atoms with Crippen molar-refractivity contribution in [3.8, 4) is 0 Å². The number of ether oxygens (including phenoxy) is 1. The van der Waals surface area contributed by atoms with Crippen LogP contribution in [0.4, 0.5) is 0 Å². The Kier molecular flexibility index (Phi) is 11.3. The predicted octanol–water partition coefficient (Wildman–Crippen LogP) is 4.36. The van der Waals surface area contributed by atoms with Gasteiger partial charge in [-0.15, -0.1) is 0 Å². The van der Waals surface area contributed by atoms with Gasteiger partial charge in [0.25, 0.3) is 5.56 Å². The second-order valence-corrected chi connectivity index (χ2v) is 16.9. The van der Waals surface area contributed by atoms with Gasteiger partial charge in [0.2, 0.25) is 0 Å². The minimum Gasteiger partial charge on any atom is -0.350 e. The van der Waals surface area contributed by atoms with E-state index >= 15 is 0 Å². The molecule has 0 aliphatic carbocycles.